The zero-order valence-corrected chi connectivity index (χ0v) is 13.0. The highest BCUT2D eigenvalue weighted by atomic mass is 32.1. The van der Waals surface area contributed by atoms with Gasteiger partial charge in [0, 0.05) is 44.0 Å². The predicted molar refractivity (Wildman–Crippen MR) is 80.1 cm³/mol. The van der Waals surface area contributed by atoms with Crippen LogP contribution in [0.3, 0.4) is 0 Å². The van der Waals surface area contributed by atoms with Crippen LogP contribution in [0.25, 0.3) is 0 Å². The summed E-state index contributed by atoms with van der Waals surface area (Å²) in [6, 6.07) is 0.0198. The van der Waals surface area contributed by atoms with Crippen molar-refractivity contribution in [3.05, 3.63) is 16.1 Å². The molecule has 5 nitrogen and oxygen atoms in total. The molecule has 0 aromatic carbocycles. The molecule has 2 amide bonds. The predicted octanol–water partition coefficient (Wildman–Crippen LogP) is 2.06. The molecule has 20 heavy (non-hydrogen) atoms. The van der Waals surface area contributed by atoms with Gasteiger partial charge in [0.1, 0.15) is 0 Å². The number of nitrogens with one attached hydrogen (secondary N) is 1. The number of aryl methyl sites for hydroxylation is 1. The third-order valence-electron chi connectivity index (χ3n) is 3.50. The number of hydrogen-bond donors (Lipinski definition) is 1. The molecule has 1 aliphatic heterocycles. The molecule has 0 spiro atoms. The molecule has 1 saturated heterocycles. The Balaban J connectivity index is 1.71. The maximum Gasteiger partial charge on any atom is 0.317 e. The highest BCUT2D eigenvalue weighted by Crippen LogP contribution is 2.14. The highest BCUT2D eigenvalue weighted by molar-refractivity contribution is 7.09. The number of amides is 2. The number of ether oxygens (including phenoxy) is 1. The molecule has 112 valence electrons. The molecule has 6 heteroatoms. The van der Waals surface area contributed by atoms with E-state index in [1.807, 2.05) is 18.7 Å². The van der Waals surface area contributed by atoms with Crippen molar-refractivity contribution >= 4 is 17.4 Å². The fourth-order valence-corrected chi connectivity index (χ4v) is 2.97. The van der Waals surface area contributed by atoms with Crippen LogP contribution in [0.1, 0.15) is 24.0 Å². The Hall–Kier alpha value is -1.14. The maximum atomic E-state index is 12.1. The van der Waals surface area contributed by atoms with E-state index in [1.165, 1.54) is 0 Å². The lowest BCUT2D eigenvalue weighted by atomic mass is 10.1. The number of nitrogens with zero attached hydrogens (tertiary/aromatic N) is 2. The van der Waals surface area contributed by atoms with Gasteiger partial charge < -0.3 is 15.0 Å². The zero-order chi connectivity index (χ0) is 14.4. The first kappa shape index (κ1) is 15.3. The van der Waals surface area contributed by atoms with Crippen LogP contribution in [0, 0.1) is 12.8 Å². The lowest BCUT2D eigenvalue weighted by molar-refractivity contribution is 0.166. The largest absolute Gasteiger partial charge is 0.381 e. The summed E-state index contributed by atoms with van der Waals surface area (Å²) < 4.78 is 5.36. The van der Waals surface area contributed by atoms with Crippen LogP contribution in [-0.2, 0) is 11.2 Å². The summed E-state index contributed by atoms with van der Waals surface area (Å²) in [4.78, 5) is 18.4. The molecule has 2 heterocycles. The average molecular weight is 297 g/mol. The van der Waals surface area contributed by atoms with Crippen molar-refractivity contribution < 1.29 is 9.53 Å². The van der Waals surface area contributed by atoms with Crippen molar-refractivity contribution in [2.45, 2.75) is 26.7 Å². The Morgan fingerprint density at radius 2 is 2.50 bits per heavy atom. The van der Waals surface area contributed by atoms with Crippen molar-refractivity contribution in [2.24, 2.45) is 5.92 Å². The highest BCUT2D eigenvalue weighted by Gasteiger charge is 2.21. The monoisotopic (exact) mass is 297 g/mol. The molecule has 1 fully saturated rings. The van der Waals surface area contributed by atoms with Gasteiger partial charge in [0.05, 0.1) is 17.3 Å². The normalized spacial score (nSPS) is 18.2. The molecule has 0 aliphatic carbocycles. The first-order valence-corrected chi connectivity index (χ1v) is 8.08. The van der Waals surface area contributed by atoms with Crippen molar-refractivity contribution in [2.75, 3.05) is 32.8 Å². The second-order valence-corrected chi connectivity index (χ2v) is 6.17. The minimum atomic E-state index is 0.0198. The molecule has 1 atom stereocenters. The minimum absolute atomic E-state index is 0.0198. The second-order valence-electron chi connectivity index (χ2n) is 5.11. The van der Waals surface area contributed by atoms with Crippen LogP contribution >= 0.6 is 11.3 Å². The number of thiazole rings is 1. The summed E-state index contributed by atoms with van der Waals surface area (Å²) in [6.45, 7) is 7.78. The quantitative estimate of drug-likeness (QED) is 0.874. The summed E-state index contributed by atoms with van der Waals surface area (Å²) in [5, 5.41) is 6.10. The fourth-order valence-electron chi connectivity index (χ4n) is 2.33. The number of carbonyl (C=O) groups excluding carboxylic acids is 1. The van der Waals surface area contributed by atoms with Crippen molar-refractivity contribution in [1.29, 1.82) is 0 Å². The van der Waals surface area contributed by atoms with Crippen molar-refractivity contribution in [3.63, 3.8) is 0 Å². The molecule has 1 aliphatic rings. The average Bonchev–Trinajstić information content (AvgIpc) is 3.07. The van der Waals surface area contributed by atoms with E-state index in [9.17, 15) is 4.79 Å². The minimum Gasteiger partial charge on any atom is -0.381 e. The number of carbonyl (C=O) groups is 1. The molecule has 1 aromatic heterocycles. The summed E-state index contributed by atoms with van der Waals surface area (Å²) in [5.41, 5.74) is 1.06. The number of rotatable bonds is 6. The van der Waals surface area contributed by atoms with E-state index < -0.39 is 0 Å². The van der Waals surface area contributed by atoms with E-state index in [0.29, 0.717) is 12.5 Å². The summed E-state index contributed by atoms with van der Waals surface area (Å²) in [5.74, 6) is 0.488. The van der Waals surface area contributed by atoms with E-state index in [4.69, 9.17) is 4.74 Å². The number of aromatic nitrogens is 1. The molecule has 1 aromatic rings. The van der Waals surface area contributed by atoms with E-state index in [-0.39, 0.29) is 6.03 Å². The van der Waals surface area contributed by atoms with Gasteiger partial charge in [-0.25, -0.2) is 9.78 Å². The molecular weight excluding hydrogens is 274 g/mol. The Morgan fingerprint density at radius 3 is 3.10 bits per heavy atom. The van der Waals surface area contributed by atoms with Gasteiger partial charge >= 0.3 is 6.03 Å². The van der Waals surface area contributed by atoms with Crippen LogP contribution in [-0.4, -0.2) is 48.8 Å². The first-order chi connectivity index (χ1) is 9.69. The van der Waals surface area contributed by atoms with E-state index in [2.05, 4.69) is 15.7 Å². The molecule has 0 saturated carbocycles. The van der Waals surface area contributed by atoms with Gasteiger partial charge in [-0.15, -0.1) is 11.3 Å². The van der Waals surface area contributed by atoms with E-state index in [0.717, 1.165) is 49.8 Å². The lowest BCUT2D eigenvalue weighted by Crippen LogP contribution is -2.43. The Bertz CT molecular complexity index is 430. The van der Waals surface area contributed by atoms with Gasteiger partial charge in [0.2, 0.25) is 0 Å². The summed E-state index contributed by atoms with van der Waals surface area (Å²) in [7, 11) is 0. The van der Waals surface area contributed by atoms with Gasteiger partial charge in [0.25, 0.3) is 0 Å². The maximum absolute atomic E-state index is 12.1. The number of urea groups is 1. The Labute approximate surface area is 124 Å². The summed E-state index contributed by atoms with van der Waals surface area (Å²) >= 11 is 1.65. The smallest absolute Gasteiger partial charge is 0.317 e. The first-order valence-electron chi connectivity index (χ1n) is 7.20. The standard InChI is InChI=1S/C14H23N3O2S/c1-3-17(8-12-5-7-19-9-12)14(18)15-6-4-13-10-20-11(2)16-13/h10,12H,3-9H2,1-2H3,(H,15,18)/t12-/m0/s1. The third-order valence-corrected chi connectivity index (χ3v) is 4.32. The fraction of sp³-hybridized carbons (Fsp3) is 0.714. The van der Waals surface area contributed by atoms with Gasteiger partial charge in [0.15, 0.2) is 0 Å². The van der Waals surface area contributed by atoms with Crippen LogP contribution in [0.15, 0.2) is 5.38 Å². The van der Waals surface area contributed by atoms with E-state index in [1.54, 1.807) is 11.3 Å². The Morgan fingerprint density at radius 1 is 1.65 bits per heavy atom. The summed E-state index contributed by atoms with van der Waals surface area (Å²) in [6.07, 6.45) is 1.85. The molecule has 2 rings (SSSR count). The Kier molecular flexibility index (Phi) is 5.79. The second kappa shape index (κ2) is 7.59. The van der Waals surface area contributed by atoms with Crippen LogP contribution in [0.2, 0.25) is 0 Å². The van der Waals surface area contributed by atoms with Gasteiger partial charge in [-0.3, -0.25) is 0 Å². The van der Waals surface area contributed by atoms with Crippen molar-refractivity contribution in [1.82, 2.24) is 15.2 Å². The lowest BCUT2D eigenvalue weighted by Gasteiger charge is -2.24. The van der Waals surface area contributed by atoms with Crippen LogP contribution in [0.5, 0.6) is 0 Å². The van der Waals surface area contributed by atoms with Gasteiger partial charge in [-0.1, -0.05) is 0 Å². The molecule has 0 radical (unpaired) electrons. The third kappa shape index (κ3) is 4.45. The van der Waals surface area contributed by atoms with Crippen molar-refractivity contribution in [3.8, 4) is 0 Å². The molecule has 1 N–H and O–H groups in total. The molecule has 0 bridgehead atoms. The zero-order valence-electron chi connectivity index (χ0n) is 12.2. The molecular formula is C14H23N3O2S. The van der Waals surface area contributed by atoms with Gasteiger partial charge in [-0.2, -0.15) is 0 Å². The number of hydrogen-bond acceptors (Lipinski definition) is 4. The topological polar surface area (TPSA) is 54.5 Å². The SMILES string of the molecule is CCN(C[C@@H]1CCOC1)C(=O)NCCc1csc(C)n1. The van der Waals surface area contributed by atoms with E-state index >= 15 is 0 Å². The van der Waals surface area contributed by atoms with Gasteiger partial charge in [-0.05, 0) is 20.3 Å². The molecule has 0 unspecified atom stereocenters. The van der Waals surface area contributed by atoms with Crippen LogP contribution in [0.4, 0.5) is 4.79 Å². The van der Waals surface area contributed by atoms with Crippen LogP contribution < -0.4 is 5.32 Å².